The molecule has 1 heterocycles. The van der Waals surface area contributed by atoms with Crippen molar-refractivity contribution in [3.63, 3.8) is 0 Å². The van der Waals surface area contributed by atoms with Gasteiger partial charge in [0.25, 0.3) is 0 Å². The molecule has 2 saturated carbocycles. The zero-order chi connectivity index (χ0) is 24.5. The highest BCUT2D eigenvalue weighted by atomic mass is 16.6. The van der Waals surface area contributed by atoms with Gasteiger partial charge in [-0.1, -0.05) is 22.4 Å². The summed E-state index contributed by atoms with van der Waals surface area (Å²) in [5.74, 6) is -2.17. The van der Waals surface area contributed by atoms with E-state index in [-0.39, 0.29) is 24.2 Å². The molecule has 1 saturated heterocycles. The van der Waals surface area contributed by atoms with Crippen LogP contribution in [-0.4, -0.2) is 57.0 Å². The lowest BCUT2D eigenvalue weighted by atomic mass is 9.60. The van der Waals surface area contributed by atoms with Crippen LogP contribution in [0.3, 0.4) is 0 Å². The lowest BCUT2D eigenvalue weighted by molar-refractivity contribution is -0.146. The Morgan fingerprint density at radius 1 is 1.09 bits per heavy atom. The molecule has 3 fully saturated rings. The molecule has 0 aromatic rings. The van der Waals surface area contributed by atoms with Crippen molar-refractivity contribution in [2.45, 2.75) is 91.4 Å². The maximum Gasteiger partial charge on any atom is 0.233 e. The molecule has 2 N–H and O–H groups in total. The molecule has 1 aliphatic heterocycles. The van der Waals surface area contributed by atoms with Gasteiger partial charge in [-0.25, -0.2) is 0 Å². The molecule has 7 heteroatoms. The van der Waals surface area contributed by atoms with E-state index in [1.54, 1.807) is 0 Å². The summed E-state index contributed by atoms with van der Waals surface area (Å²) in [5.41, 5.74) is 2.60. The largest absolute Gasteiger partial charge is 0.392 e. The monoisotopic (exact) mass is 460 g/mol. The third-order valence-electron chi connectivity index (χ3n) is 7.23. The van der Waals surface area contributed by atoms with Gasteiger partial charge in [-0.2, -0.15) is 0 Å². The Morgan fingerprint density at radius 3 is 2.39 bits per heavy atom. The first-order valence-corrected chi connectivity index (χ1v) is 12.1. The molecule has 0 radical (unpaired) electrons. The molecular formula is C26H40N2O5. The Balaban J connectivity index is 1.73. The Labute approximate surface area is 197 Å². The number of carbonyl (C=O) groups is 2. The van der Waals surface area contributed by atoms with Gasteiger partial charge in [-0.3, -0.25) is 14.5 Å². The molecule has 6 atom stereocenters. The average molecular weight is 461 g/mol. The van der Waals surface area contributed by atoms with Crippen molar-refractivity contribution in [1.29, 1.82) is 0 Å². The van der Waals surface area contributed by atoms with E-state index in [2.05, 4.69) is 32.0 Å². The van der Waals surface area contributed by atoms with Gasteiger partial charge in [0.2, 0.25) is 11.8 Å². The lowest BCUT2D eigenvalue weighted by Crippen LogP contribution is -2.55. The second-order valence-corrected chi connectivity index (χ2v) is 11.1. The summed E-state index contributed by atoms with van der Waals surface area (Å²) in [7, 11) is 0. The first-order chi connectivity index (χ1) is 15.4. The van der Waals surface area contributed by atoms with Crippen LogP contribution in [0.5, 0.6) is 0 Å². The third-order valence-corrected chi connectivity index (χ3v) is 7.23. The van der Waals surface area contributed by atoms with Gasteiger partial charge in [-0.05, 0) is 73.3 Å². The zero-order valence-electron chi connectivity index (χ0n) is 20.9. The van der Waals surface area contributed by atoms with E-state index in [1.165, 1.54) is 16.0 Å². The molecule has 2 aliphatic carbocycles. The number of hydrogen-bond acceptors (Lipinski definition) is 6. The van der Waals surface area contributed by atoms with Crippen LogP contribution in [0, 0.1) is 23.7 Å². The molecule has 7 nitrogen and oxygen atoms in total. The van der Waals surface area contributed by atoms with Gasteiger partial charge in [0.15, 0.2) is 0 Å². The number of rotatable bonds is 6. The van der Waals surface area contributed by atoms with Crippen molar-refractivity contribution in [2.75, 3.05) is 6.61 Å². The number of allylic oxidation sites excluding steroid dienone is 3. The fourth-order valence-corrected chi connectivity index (χ4v) is 5.63. The number of oxime groups is 1. The first kappa shape index (κ1) is 25.6. The summed E-state index contributed by atoms with van der Waals surface area (Å²) in [6, 6.07) is 0. The topological polar surface area (TPSA) is 99.4 Å². The standard InChI is InChI=1S/C26H40N2O5/c1-15(2)8-7-9-16(3)12-13-33-27-19-14-20(29)23(30)21-17(19)10-11-18-22(21)25(32)28(24(18)31)26(4,5)6/h8,12,17-18,20-23,29-30H,7,9-11,13-14H2,1-6H3/t17-,18+,20+,21-,22+,23+/m0/s1. The van der Waals surface area contributed by atoms with Crippen LogP contribution in [0.2, 0.25) is 0 Å². The van der Waals surface area contributed by atoms with Gasteiger partial charge < -0.3 is 15.1 Å². The molecule has 0 aromatic heterocycles. The zero-order valence-corrected chi connectivity index (χ0v) is 20.9. The maximum atomic E-state index is 13.3. The van der Waals surface area contributed by atoms with Gasteiger partial charge in [-0.15, -0.1) is 0 Å². The van der Waals surface area contributed by atoms with Crippen molar-refractivity contribution < 1.29 is 24.6 Å². The quantitative estimate of drug-likeness (QED) is 0.273. The van der Waals surface area contributed by atoms with Crippen LogP contribution >= 0.6 is 0 Å². The summed E-state index contributed by atoms with van der Waals surface area (Å²) in [6.45, 7) is 12.1. The fraction of sp³-hybridized carbons (Fsp3) is 0.731. The van der Waals surface area contributed by atoms with Crippen molar-refractivity contribution in [3.05, 3.63) is 23.3 Å². The van der Waals surface area contributed by atoms with Gasteiger partial charge in [0.1, 0.15) is 6.61 Å². The van der Waals surface area contributed by atoms with Crippen LogP contribution in [0.1, 0.15) is 73.6 Å². The number of nitrogens with zero attached hydrogens (tertiary/aromatic N) is 2. The number of aliphatic hydroxyl groups excluding tert-OH is 2. The highest BCUT2D eigenvalue weighted by Gasteiger charge is 2.61. The van der Waals surface area contributed by atoms with Crippen LogP contribution in [0.15, 0.2) is 28.5 Å². The number of likely N-dealkylation sites (tertiary alicyclic amines) is 1. The molecule has 184 valence electrons. The predicted octanol–water partition coefficient (Wildman–Crippen LogP) is 3.60. The molecule has 2 amide bonds. The van der Waals surface area contributed by atoms with Gasteiger partial charge in [0.05, 0.1) is 29.8 Å². The Hall–Kier alpha value is -1.99. The molecule has 0 bridgehead atoms. The second-order valence-electron chi connectivity index (χ2n) is 11.1. The minimum Gasteiger partial charge on any atom is -0.392 e. The van der Waals surface area contributed by atoms with Crippen LogP contribution in [0.4, 0.5) is 0 Å². The number of aliphatic hydroxyl groups is 2. The summed E-state index contributed by atoms with van der Waals surface area (Å²) < 4.78 is 0. The van der Waals surface area contributed by atoms with Gasteiger partial charge in [0, 0.05) is 23.8 Å². The summed E-state index contributed by atoms with van der Waals surface area (Å²) in [5, 5.41) is 25.8. The Bertz CT molecular complexity index is 849. The molecule has 3 aliphatic rings. The second kappa shape index (κ2) is 10.1. The smallest absolute Gasteiger partial charge is 0.233 e. The molecule has 0 unspecified atom stereocenters. The number of fused-ring (bicyclic) bond motifs is 3. The normalized spacial score (nSPS) is 33.8. The Morgan fingerprint density at radius 2 is 1.76 bits per heavy atom. The number of imide groups is 1. The molecule has 0 spiro atoms. The van der Waals surface area contributed by atoms with E-state index in [0.29, 0.717) is 25.2 Å². The van der Waals surface area contributed by atoms with E-state index >= 15 is 0 Å². The average Bonchev–Trinajstić information content (AvgIpc) is 2.98. The summed E-state index contributed by atoms with van der Waals surface area (Å²) >= 11 is 0. The van der Waals surface area contributed by atoms with E-state index in [0.717, 1.165) is 12.8 Å². The first-order valence-electron chi connectivity index (χ1n) is 12.1. The van der Waals surface area contributed by atoms with Crippen molar-refractivity contribution in [3.8, 4) is 0 Å². The number of carbonyl (C=O) groups excluding carboxylic acids is 2. The van der Waals surface area contributed by atoms with Gasteiger partial charge >= 0.3 is 0 Å². The minimum atomic E-state index is -1.06. The molecular weight excluding hydrogens is 420 g/mol. The molecule has 0 aromatic carbocycles. The van der Waals surface area contributed by atoms with E-state index in [4.69, 9.17) is 4.84 Å². The summed E-state index contributed by atoms with van der Waals surface area (Å²) in [4.78, 5) is 33.3. The van der Waals surface area contributed by atoms with E-state index in [1.807, 2.05) is 26.8 Å². The molecule has 3 rings (SSSR count). The predicted molar refractivity (Wildman–Crippen MR) is 127 cm³/mol. The minimum absolute atomic E-state index is 0.160. The van der Waals surface area contributed by atoms with Crippen LogP contribution in [0.25, 0.3) is 0 Å². The maximum absolute atomic E-state index is 13.3. The Kier molecular flexibility index (Phi) is 7.84. The third kappa shape index (κ3) is 5.40. The molecule has 33 heavy (non-hydrogen) atoms. The van der Waals surface area contributed by atoms with E-state index < -0.39 is 35.5 Å². The number of hydrogen-bond donors (Lipinski definition) is 2. The van der Waals surface area contributed by atoms with Crippen molar-refractivity contribution in [2.24, 2.45) is 28.8 Å². The van der Waals surface area contributed by atoms with Crippen LogP contribution in [-0.2, 0) is 14.4 Å². The van der Waals surface area contributed by atoms with Crippen molar-refractivity contribution in [1.82, 2.24) is 4.90 Å². The highest BCUT2D eigenvalue weighted by molar-refractivity contribution is 6.06. The lowest BCUT2D eigenvalue weighted by Gasteiger charge is -2.45. The SMILES string of the molecule is CC(C)=CCCC(C)=CCON=C1C[C@@H](O)[C@@H](O)[C@@H]2[C@@H]3C(=O)N(C(C)(C)C)C(=O)[C@@H]3CC[C@@H]12. The highest BCUT2D eigenvalue weighted by Crippen LogP contribution is 2.50. The van der Waals surface area contributed by atoms with Crippen LogP contribution < -0.4 is 0 Å². The fourth-order valence-electron chi connectivity index (χ4n) is 5.63. The van der Waals surface area contributed by atoms with Crippen molar-refractivity contribution >= 4 is 17.5 Å². The number of amides is 2. The summed E-state index contributed by atoms with van der Waals surface area (Å²) in [6.07, 6.45) is 5.52. The van der Waals surface area contributed by atoms with E-state index in [9.17, 15) is 19.8 Å².